The van der Waals surface area contributed by atoms with E-state index in [1.165, 1.54) is 6.42 Å². The van der Waals surface area contributed by atoms with Gasteiger partial charge in [0.1, 0.15) is 11.8 Å². The second-order valence-electron chi connectivity index (χ2n) is 8.80. The van der Waals surface area contributed by atoms with E-state index in [9.17, 15) is 9.59 Å². The van der Waals surface area contributed by atoms with Crippen molar-refractivity contribution in [3.8, 4) is 5.75 Å². The fourth-order valence-electron chi connectivity index (χ4n) is 4.21. The molecule has 0 aliphatic heterocycles. The number of benzene rings is 2. The van der Waals surface area contributed by atoms with Crippen molar-refractivity contribution in [2.45, 2.75) is 75.4 Å². The fraction of sp³-hybridized carbons (Fsp3) is 0.481. The van der Waals surface area contributed by atoms with Crippen LogP contribution in [0.3, 0.4) is 0 Å². The van der Waals surface area contributed by atoms with Gasteiger partial charge in [0.15, 0.2) is 0 Å². The highest BCUT2D eigenvalue weighted by Gasteiger charge is 2.28. The zero-order chi connectivity index (χ0) is 24.3. The quantitative estimate of drug-likeness (QED) is 0.298. The van der Waals surface area contributed by atoms with Crippen molar-refractivity contribution in [1.82, 2.24) is 10.2 Å². The first-order chi connectivity index (χ1) is 16.5. The number of rotatable bonds is 11. The highest BCUT2D eigenvalue weighted by atomic mass is 35.5. The smallest absolute Gasteiger partial charge is 0.242 e. The molecule has 1 atom stereocenters. The first kappa shape index (κ1) is 26.4. The highest BCUT2D eigenvalue weighted by molar-refractivity contribution is 7.99. The van der Waals surface area contributed by atoms with Gasteiger partial charge in [0.2, 0.25) is 11.8 Å². The van der Waals surface area contributed by atoms with Crippen molar-refractivity contribution in [2.24, 2.45) is 0 Å². The molecular formula is C27H35ClN2O3S. The van der Waals surface area contributed by atoms with Gasteiger partial charge in [-0.15, -0.1) is 11.8 Å². The number of carbonyl (C=O) groups excluding carboxylic acids is 2. The Morgan fingerprint density at radius 3 is 2.59 bits per heavy atom. The van der Waals surface area contributed by atoms with Crippen molar-refractivity contribution in [3.63, 3.8) is 0 Å². The Bertz CT molecular complexity index is 932. The molecular weight excluding hydrogens is 468 g/mol. The van der Waals surface area contributed by atoms with Gasteiger partial charge in [-0.3, -0.25) is 9.59 Å². The van der Waals surface area contributed by atoms with E-state index in [0.717, 1.165) is 54.1 Å². The van der Waals surface area contributed by atoms with E-state index < -0.39 is 6.04 Å². The Kier molecular flexibility index (Phi) is 10.6. The van der Waals surface area contributed by atoms with Crippen molar-refractivity contribution in [2.75, 3.05) is 12.9 Å². The van der Waals surface area contributed by atoms with Gasteiger partial charge in [0.05, 0.1) is 7.11 Å². The number of nitrogens with one attached hydrogen (secondary N) is 1. The first-order valence-corrected chi connectivity index (χ1v) is 13.4. The summed E-state index contributed by atoms with van der Waals surface area (Å²) in [5, 5.41) is 3.90. The van der Waals surface area contributed by atoms with E-state index in [1.54, 1.807) is 23.8 Å². The summed E-state index contributed by atoms with van der Waals surface area (Å²) in [7, 11) is 1.63. The number of thioether (sulfide) groups is 1. The first-order valence-electron chi connectivity index (χ1n) is 12.1. The van der Waals surface area contributed by atoms with Gasteiger partial charge >= 0.3 is 0 Å². The van der Waals surface area contributed by atoms with E-state index in [4.69, 9.17) is 16.3 Å². The third-order valence-corrected chi connectivity index (χ3v) is 7.57. The lowest BCUT2D eigenvalue weighted by Crippen LogP contribution is -2.50. The zero-order valence-electron chi connectivity index (χ0n) is 20.1. The summed E-state index contributed by atoms with van der Waals surface area (Å²) in [5.41, 5.74) is 0.945. The summed E-state index contributed by atoms with van der Waals surface area (Å²) in [5.74, 6) is 1.48. The van der Waals surface area contributed by atoms with Gasteiger partial charge in [-0.25, -0.2) is 0 Å². The van der Waals surface area contributed by atoms with Crippen molar-refractivity contribution in [3.05, 3.63) is 59.1 Å². The Labute approximate surface area is 212 Å². The van der Waals surface area contributed by atoms with Crippen LogP contribution in [0.1, 0.15) is 57.4 Å². The topological polar surface area (TPSA) is 58.6 Å². The number of hydrogen-bond donors (Lipinski definition) is 1. The Balaban J connectivity index is 1.62. The number of halogens is 1. The Morgan fingerprint density at radius 2 is 1.88 bits per heavy atom. The lowest BCUT2D eigenvalue weighted by Gasteiger charge is -2.31. The zero-order valence-corrected chi connectivity index (χ0v) is 21.7. The summed E-state index contributed by atoms with van der Waals surface area (Å²) in [6, 6.07) is 15.1. The van der Waals surface area contributed by atoms with Crippen LogP contribution in [0.15, 0.2) is 53.4 Å². The summed E-state index contributed by atoms with van der Waals surface area (Å²) < 4.78 is 5.34. The maximum Gasteiger partial charge on any atom is 0.242 e. The van der Waals surface area contributed by atoms with Crippen molar-refractivity contribution < 1.29 is 14.3 Å². The van der Waals surface area contributed by atoms with Crippen LogP contribution in [0, 0.1) is 0 Å². The number of hydrogen-bond acceptors (Lipinski definition) is 4. The van der Waals surface area contributed by atoms with E-state index >= 15 is 0 Å². The minimum absolute atomic E-state index is 0.00850. The Morgan fingerprint density at radius 1 is 1.15 bits per heavy atom. The van der Waals surface area contributed by atoms with Crippen molar-refractivity contribution in [1.29, 1.82) is 0 Å². The molecule has 0 saturated heterocycles. The molecule has 0 bridgehead atoms. The maximum atomic E-state index is 13.3. The molecule has 1 aliphatic rings. The van der Waals surface area contributed by atoms with Gasteiger partial charge < -0.3 is 15.0 Å². The Hall–Kier alpha value is -2.18. The monoisotopic (exact) mass is 502 g/mol. The molecule has 184 valence electrons. The number of methoxy groups -OCH3 is 1. The molecule has 3 rings (SSSR count). The largest absolute Gasteiger partial charge is 0.497 e. The molecule has 2 aromatic rings. The van der Waals surface area contributed by atoms with Crippen LogP contribution in [0.25, 0.3) is 0 Å². The second kappa shape index (κ2) is 13.6. The molecule has 2 amide bonds. The summed E-state index contributed by atoms with van der Waals surface area (Å²) in [6.45, 7) is 2.21. The lowest BCUT2D eigenvalue weighted by atomic mass is 9.95. The van der Waals surface area contributed by atoms with Gasteiger partial charge in [0, 0.05) is 28.9 Å². The number of amides is 2. The van der Waals surface area contributed by atoms with E-state index in [2.05, 4.69) is 5.32 Å². The van der Waals surface area contributed by atoms with E-state index in [1.807, 2.05) is 55.5 Å². The molecule has 34 heavy (non-hydrogen) atoms. The molecule has 1 aliphatic carbocycles. The molecule has 0 heterocycles. The molecule has 2 aromatic carbocycles. The van der Waals surface area contributed by atoms with E-state index in [0.29, 0.717) is 18.0 Å². The number of nitrogens with zero attached hydrogens (tertiary/aromatic N) is 1. The molecule has 1 N–H and O–H groups in total. The van der Waals surface area contributed by atoms with Crippen LogP contribution in [-0.4, -0.2) is 41.7 Å². The van der Waals surface area contributed by atoms with Crippen molar-refractivity contribution >= 4 is 35.2 Å². The molecule has 1 unspecified atom stereocenters. The summed E-state index contributed by atoms with van der Waals surface area (Å²) in [4.78, 5) is 29.2. The average Bonchev–Trinajstić information content (AvgIpc) is 2.86. The summed E-state index contributed by atoms with van der Waals surface area (Å²) >= 11 is 7.66. The van der Waals surface area contributed by atoms with Crippen LogP contribution in [0.5, 0.6) is 5.75 Å². The molecule has 1 fully saturated rings. The van der Waals surface area contributed by atoms with Gasteiger partial charge in [-0.05, 0) is 73.9 Å². The van der Waals surface area contributed by atoms with Crippen LogP contribution >= 0.6 is 23.4 Å². The molecule has 7 heteroatoms. The standard InChI is InChI=1S/C27H35ClN2O3S/c1-20(27(32)29-23-9-4-3-5-10-23)30(19-21-8-6-11-24(18-21)33-2)26(31)12-7-17-34-25-15-13-22(28)14-16-25/h6,8,11,13-16,18,20,23H,3-5,7,9-10,12,17,19H2,1-2H3,(H,29,32). The SMILES string of the molecule is COc1cccc(CN(C(=O)CCCSc2ccc(Cl)cc2)C(C)C(=O)NC2CCCCC2)c1. The van der Waals surface area contributed by atoms with Crippen LogP contribution in [0.4, 0.5) is 0 Å². The summed E-state index contributed by atoms with van der Waals surface area (Å²) in [6.07, 6.45) is 6.70. The molecule has 1 saturated carbocycles. The highest BCUT2D eigenvalue weighted by Crippen LogP contribution is 2.23. The minimum atomic E-state index is -0.537. The van der Waals surface area contributed by atoms with Crippen LogP contribution in [0.2, 0.25) is 5.02 Å². The second-order valence-corrected chi connectivity index (χ2v) is 10.4. The minimum Gasteiger partial charge on any atom is -0.497 e. The van der Waals surface area contributed by atoms with Gasteiger partial charge in [0.25, 0.3) is 0 Å². The fourth-order valence-corrected chi connectivity index (χ4v) is 5.19. The molecule has 5 nitrogen and oxygen atoms in total. The molecule has 0 radical (unpaired) electrons. The average molecular weight is 503 g/mol. The third kappa shape index (κ3) is 8.24. The van der Waals surface area contributed by atoms with Crippen LogP contribution in [-0.2, 0) is 16.1 Å². The molecule has 0 aromatic heterocycles. The predicted molar refractivity (Wildman–Crippen MR) is 139 cm³/mol. The number of carbonyl (C=O) groups is 2. The van der Waals surface area contributed by atoms with Crippen LogP contribution < -0.4 is 10.1 Å². The lowest BCUT2D eigenvalue weighted by molar-refractivity contribution is -0.141. The van der Waals surface area contributed by atoms with Gasteiger partial charge in [-0.1, -0.05) is 43.0 Å². The van der Waals surface area contributed by atoms with E-state index in [-0.39, 0.29) is 17.9 Å². The third-order valence-electron chi connectivity index (χ3n) is 6.22. The molecule has 0 spiro atoms. The number of ether oxygens (including phenoxy) is 1. The predicted octanol–water partition coefficient (Wildman–Crippen LogP) is 6.09. The van der Waals surface area contributed by atoms with Gasteiger partial charge in [-0.2, -0.15) is 0 Å². The maximum absolute atomic E-state index is 13.3. The normalized spacial score (nSPS) is 14.9.